The second-order valence-electron chi connectivity index (χ2n) is 5.46. The topological polar surface area (TPSA) is 67.4 Å². The molecule has 24 heavy (non-hydrogen) atoms. The Morgan fingerprint density at radius 3 is 2.04 bits per heavy atom. The molecular weight excluding hydrogens is 302 g/mol. The fourth-order valence-corrected chi connectivity index (χ4v) is 2.90. The van der Waals surface area contributed by atoms with Crippen molar-refractivity contribution in [2.75, 3.05) is 0 Å². The molecule has 0 aliphatic carbocycles. The van der Waals surface area contributed by atoms with E-state index in [2.05, 4.69) is 10.6 Å². The highest BCUT2D eigenvalue weighted by Gasteiger charge is 2.27. The van der Waals surface area contributed by atoms with Gasteiger partial charge in [0.15, 0.2) is 0 Å². The fraction of sp³-hybridized carbons (Fsp3) is 0. The van der Waals surface area contributed by atoms with Gasteiger partial charge in [-0.15, -0.1) is 0 Å². The van der Waals surface area contributed by atoms with E-state index in [0.717, 1.165) is 21.8 Å². The fourth-order valence-electron chi connectivity index (χ4n) is 2.90. The minimum absolute atomic E-state index is 0.357. The number of carbonyl (C=O) groups is 1. The zero-order valence-electron chi connectivity index (χ0n) is 12.7. The monoisotopic (exact) mass is 316 g/mol. The van der Waals surface area contributed by atoms with Crippen LogP contribution in [0, 0.1) is 5.21 Å². The molecule has 0 fully saturated rings. The Hall–Kier alpha value is -3.31. The van der Waals surface area contributed by atoms with Gasteiger partial charge in [-0.3, -0.25) is 0 Å². The van der Waals surface area contributed by atoms with Crippen molar-refractivity contribution in [3.63, 3.8) is 0 Å². The van der Waals surface area contributed by atoms with Gasteiger partial charge in [0.1, 0.15) is 0 Å². The van der Waals surface area contributed by atoms with Crippen molar-refractivity contribution in [1.29, 1.82) is 0 Å². The lowest BCUT2D eigenvalue weighted by molar-refractivity contribution is 0.246. The summed E-state index contributed by atoms with van der Waals surface area (Å²) in [6.07, 6.45) is 3.17. The smallest absolute Gasteiger partial charge is 0.323 e. The number of urea groups is 1. The van der Waals surface area contributed by atoms with Gasteiger partial charge < -0.3 is 20.9 Å². The molecule has 0 bridgehead atoms. The summed E-state index contributed by atoms with van der Waals surface area (Å²) < 4.78 is 0. The van der Waals surface area contributed by atoms with E-state index >= 15 is 0 Å². The van der Waals surface area contributed by atoms with Crippen LogP contribution in [0.15, 0.2) is 84.2 Å². The van der Waals surface area contributed by atoms with Crippen LogP contribution in [0.3, 0.4) is 0 Å². The highest BCUT2D eigenvalue weighted by Crippen LogP contribution is 2.35. The number of rotatable bonds is 2. The molecular formula is C19H14N3O2-. The Morgan fingerprint density at radius 2 is 1.38 bits per heavy atom. The van der Waals surface area contributed by atoms with Gasteiger partial charge in [-0.1, -0.05) is 60.7 Å². The van der Waals surface area contributed by atoms with Crippen LogP contribution in [0.1, 0.15) is 11.1 Å². The highest BCUT2D eigenvalue weighted by atomic mass is 16.5. The number of allylic oxidation sites excluding steroid dienone is 1. The van der Waals surface area contributed by atoms with E-state index in [9.17, 15) is 10.0 Å². The van der Waals surface area contributed by atoms with Gasteiger partial charge >= 0.3 is 6.03 Å². The first-order valence-electron chi connectivity index (χ1n) is 7.56. The lowest BCUT2D eigenvalue weighted by Gasteiger charge is -2.37. The van der Waals surface area contributed by atoms with Gasteiger partial charge in [0, 0.05) is 5.57 Å². The molecule has 2 aliphatic heterocycles. The predicted molar refractivity (Wildman–Crippen MR) is 92.7 cm³/mol. The maximum absolute atomic E-state index is 12.4. The first-order chi connectivity index (χ1) is 11.7. The summed E-state index contributed by atoms with van der Waals surface area (Å²) >= 11 is 0. The molecule has 0 unspecified atom stereocenters. The normalized spacial score (nSPS) is 16.7. The third-order valence-corrected chi connectivity index (χ3v) is 3.96. The van der Waals surface area contributed by atoms with E-state index < -0.39 is 0 Å². The Labute approximate surface area is 139 Å². The summed E-state index contributed by atoms with van der Waals surface area (Å²) in [5.74, 6) is 0. The first-order valence-corrected chi connectivity index (χ1v) is 7.56. The molecule has 2 aromatic rings. The van der Waals surface area contributed by atoms with Crippen molar-refractivity contribution in [3.8, 4) is 0 Å². The summed E-state index contributed by atoms with van der Waals surface area (Å²) in [5.41, 5.74) is 4.05. The van der Waals surface area contributed by atoms with E-state index in [1.54, 1.807) is 6.08 Å². The zero-order chi connectivity index (χ0) is 16.5. The molecule has 2 aromatic carbocycles. The van der Waals surface area contributed by atoms with Crippen molar-refractivity contribution in [1.82, 2.24) is 15.7 Å². The van der Waals surface area contributed by atoms with Crippen LogP contribution in [0.25, 0.3) is 11.4 Å². The van der Waals surface area contributed by atoms with Crippen LogP contribution in [0.5, 0.6) is 0 Å². The van der Waals surface area contributed by atoms with E-state index in [1.165, 1.54) is 6.20 Å². The van der Waals surface area contributed by atoms with E-state index in [0.29, 0.717) is 17.1 Å². The summed E-state index contributed by atoms with van der Waals surface area (Å²) in [7, 11) is 0. The molecule has 2 N–H and O–H groups in total. The average Bonchev–Trinajstić information content (AvgIpc) is 2.62. The first kappa shape index (κ1) is 14.3. The summed E-state index contributed by atoms with van der Waals surface area (Å²) in [4.78, 5) is 12.2. The number of hydrogen-bond donors (Lipinski definition) is 2. The van der Waals surface area contributed by atoms with Crippen LogP contribution in [-0.2, 0) is 0 Å². The molecule has 2 amide bonds. The number of nitrogens with zero attached hydrogens (tertiary/aromatic N) is 1. The molecule has 0 radical (unpaired) electrons. The molecule has 2 heterocycles. The third-order valence-electron chi connectivity index (χ3n) is 3.96. The highest BCUT2D eigenvalue weighted by molar-refractivity contribution is 5.97. The van der Waals surface area contributed by atoms with E-state index in [4.69, 9.17) is 0 Å². The lowest BCUT2D eigenvalue weighted by Crippen LogP contribution is -2.41. The number of benzene rings is 2. The number of fused-ring (bicyclic) bond motifs is 1. The second kappa shape index (κ2) is 5.72. The molecule has 2 aliphatic rings. The van der Waals surface area contributed by atoms with Crippen molar-refractivity contribution in [2.45, 2.75) is 0 Å². The molecule has 0 aromatic heterocycles. The van der Waals surface area contributed by atoms with Gasteiger partial charge in [-0.05, 0) is 23.4 Å². The van der Waals surface area contributed by atoms with Crippen molar-refractivity contribution < 1.29 is 4.79 Å². The maximum Gasteiger partial charge on any atom is 0.323 e. The quantitative estimate of drug-likeness (QED) is 0.892. The van der Waals surface area contributed by atoms with Crippen LogP contribution in [0.2, 0.25) is 0 Å². The molecule has 5 heteroatoms. The summed E-state index contributed by atoms with van der Waals surface area (Å²) in [6, 6.07) is 18.5. The number of hydrogen-bond acceptors (Lipinski definition) is 3. The molecule has 0 saturated heterocycles. The number of hydroxylamine groups is 2. The van der Waals surface area contributed by atoms with Crippen LogP contribution in [0.4, 0.5) is 4.79 Å². The van der Waals surface area contributed by atoms with Gasteiger partial charge in [0.2, 0.25) is 0 Å². The van der Waals surface area contributed by atoms with Crippen molar-refractivity contribution >= 4 is 17.4 Å². The molecule has 5 nitrogen and oxygen atoms in total. The number of carbonyl (C=O) groups excluding carboxylic acids is 1. The molecule has 4 rings (SSSR count). The Morgan fingerprint density at radius 1 is 0.792 bits per heavy atom. The Kier molecular flexibility index (Phi) is 3.40. The minimum Gasteiger partial charge on any atom is -0.754 e. The van der Waals surface area contributed by atoms with Gasteiger partial charge in [0.25, 0.3) is 0 Å². The molecule has 0 saturated carbocycles. The second-order valence-corrected chi connectivity index (χ2v) is 5.46. The molecule has 0 spiro atoms. The summed E-state index contributed by atoms with van der Waals surface area (Å²) in [5, 5.41) is 18.8. The summed E-state index contributed by atoms with van der Waals surface area (Å²) in [6.45, 7) is 0. The maximum atomic E-state index is 12.4. The van der Waals surface area contributed by atoms with Crippen LogP contribution in [-0.4, -0.2) is 11.1 Å². The number of nitrogens with one attached hydrogen (secondary N) is 2. The zero-order valence-corrected chi connectivity index (χ0v) is 12.7. The van der Waals surface area contributed by atoms with Gasteiger partial charge in [-0.25, -0.2) is 4.79 Å². The van der Waals surface area contributed by atoms with Gasteiger partial charge in [0.05, 0.1) is 17.1 Å². The Balaban J connectivity index is 1.96. The molecule has 118 valence electrons. The average molecular weight is 316 g/mol. The van der Waals surface area contributed by atoms with Crippen molar-refractivity contribution in [3.05, 3.63) is 101 Å². The van der Waals surface area contributed by atoms with Crippen molar-refractivity contribution in [2.24, 2.45) is 0 Å². The standard InChI is InChI=1S/C19H14N3O2/c23-19-20-16(13-7-3-1-4-8-13)15-11-12-22(24)18(17(15)21-19)14-9-5-2-6-10-14/h1-12H,(H2,20,21,23)/q-1. The number of amides is 2. The van der Waals surface area contributed by atoms with E-state index in [-0.39, 0.29) is 6.03 Å². The van der Waals surface area contributed by atoms with Crippen LogP contribution >= 0.6 is 0 Å². The van der Waals surface area contributed by atoms with Crippen LogP contribution < -0.4 is 10.6 Å². The Bertz CT molecular complexity index is 883. The SMILES string of the molecule is O=C1NC2=C(c3ccccc3)N([O-])C=CC2=C(c2ccccc2)N1. The minimum atomic E-state index is -0.357. The van der Waals surface area contributed by atoms with Gasteiger partial charge in [-0.2, -0.15) is 0 Å². The third kappa shape index (κ3) is 2.37. The predicted octanol–water partition coefficient (Wildman–Crippen LogP) is 3.41. The lowest BCUT2D eigenvalue weighted by atomic mass is 9.96. The van der Waals surface area contributed by atoms with E-state index in [1.807, 2.05) is 60.7 Å². The largest absolute Gasteiger partial charge is 0.754 e. The molecule has 0 atom stereocenters.